The predicted molar refractivity (Wildman–Crippen MR) is 39.3 cm³/mol. The first-order chi connectivity index (χ1) is 4.00. The van der Waals surface area contributed by atoms with Crippen LogP contribution in [-0.4, -0.2) is 40.3 Å². The third kappa shape index (κ3) is 53.2. The van der Waals surface area contributed by atoms with Gasteiger partial charge in [0.1, 0.15) is 0 Å². The van der Waals surface area contributed by atoms with Crippen LogP contribution in [0.3, 0.4) is 0 Å². The Morgan fingerprint density at radius 2 is 1.33 bits per heavy atom. The van der Waals surface area contributed by atoms with Gasteiger partial charge >= 0.3 is 46.0 Å². The molecule has 0 heterocycles. The van der Waals surface area contributed by atoms with Crippen LogP contribution in [0.15, 0.2) is 0 Å². The van der Waals surface area contributed by atoms with Gasteiger partial charge in [-0.2, -0.15) is 0 Å². The molecule has 0 spiro atoms. The van der Waals surface area contributed by atoms with Gasteiger partial charge in [0.15, 0.2) is 0 Å². The van der Waals surface area contributed by atoms with Crippen LogP contribution in [0.4, 0.5) is 0 Å². The molecule has 0 aromatic rings. The van der Waals surface area contributed by atoms with Crippen LogP contribution < -0.4 is 0 Å². The second-order valence-corrected chi connectivity index (χ2v) is 2.93. The van der Waals surface area contributed by atoms with E-state index in [-0.39, 0.29) is 6.10 Å². The van der Waals surface area contributed by atoms with Crippen LogP contribution in [-0.2, 0) is 3.07 Å². The van der Waals surface area contributed by atoms with Crippen LogP contribution in [0.1, 0.15) is 27.7 Å². The van der Waals surface area contributed by atoms with E-state index in [9.17, 15) is 0 Å². The molecule has 9 heavy (non-hydrogen) atoms. The van der Waals surface area contributed by atoms with Gasteiger partial charge < -0.3 is 5.11 Å². The molecule has 3 heteroatoms. The van der Waals surface area contributed by atoms with E-state index in [2.05, 4.69) is 0 Å². The molecule has 1 N–H and O–H groups in total. The third-order valence-corrected chi connectivity index (χ3v) is 1.58. The van der Waals surface area contributed by atoms with Gasteiger partial charge in [0.2, 0.25) is 0 Å². The van der Waals surface area contributed by atoms with Crippen molar-refractivity contribution in [2.45, 2.75) is 39.9 Å². The average Bonchev–Trinajstić information content (AvgIpc) is 1.65. The Labute approximate surface area is 71.2 Å². The van der Waals surface area contributed by atoms with E-state index in [1.54, 1.807) is 13.8 Å². The predicted octanol–water partition coefficient (Wildman–Crippen LogP) is 0.882. The van der Waals surface area contributed by atoms with Crippen molar-refractivity contribution in [2.24, 2.45) is 0 Å². The number of aliphatic hydroxyl groups is 1. The molecule has 2 nitrogen and oxygen atoms in total. The second-order valence-electron chi connectivity index (χ2n) is 2.26. The van der Waals surface area contributed by atoms with Gasteiger partial charge in [0.05, 0.1) is 0 Å². The summed E-state index contributed by atoms with van der Waals surface area (Å²) in [7, 11) is 0. The van der Waals surface area contributed by atoms with Crippen molar-refractivity contribution in [1.29, 1.82) is 0 Å². The molecule has 0 aliphatic carbocycles. The standard InChI is InChI=1S/C3H8O.C3H7O.Sn/c2*1-3(2)4;/h3-4H,1-2H3;3H,1-2H3;/q;-1;+1. The van der Waals surface area contributed by atoms with Crippen molar-refractivity contribution in [2.75, 3.05) is 0 Å². The molecule has 0 unspecified atom stereocenters. The van der Waals surface area contributed by atoms with Crippen molar-refractivity contribution in [1.82, 2.24) is 0 Å². The quantitative estimate of drug-likeness (QED) is 0.687. The van der Waals surface area contributed by atoms with Crippen LogP contribution >= 0.6 is 0 Å². The average molecular weight is 238 g/mol. The molecule has 0 aromatic heterocycles. The van der Waals surface area contributed by atoms with E-state index in [1.165, 1.54) is 0 Å². The monoisotopic (exact) mass is 239 g/mol. The van der Waals surface area contributed by atoms with E-state index in [1.807, 2.05) is 13.8 Å². The van der Waals surface area contributed by atoms with Crippen LogP contribution in [0.25, 0.3) is 0 Å². The fourth-order valence-corrected chi connectivity index (χ4v) is 0. The summed E-state index contributed by atoms with van der Waals surface area (Å²) in [4.78, 5) is 0. The Hall–Kier alpha value is 0.719. The van der Waals surface area contributed by atoms with Crippen LogP contribution in [0, 0.1) is 0 Å². The Morgan fingerprint density at radius 3 is 1.33 bits per heavy atom. The number of aliphatic hydroxyl groups excluding tert-OH is 1. The molecule has 0 amide bonds. The van der Waals surface area contributed by atoms with Crippen molar-refractivity contribution in [3.05, 3.63) is 0 Å². The van der Waals surface area contributed by atoms with Gasteiger partial charge in [-0.3, -0.25) is 0 Å². The molecule has 0 atom stereocenters. The van der Waals surface area contributed by atoms with Crippen molar-refractivity contribution >= 4 is 22.9 Å². The fourth-order valence-electron chi connectivity index (χ4n) is 0. The number of rotatable bonds is 1. The normalized spacial score (nSPS) is 9.33. The Balaban J connectivity index is 0. The molecule has 3 radical (unpaired) electrons. The van der Waals surface area contributed by atoms with Gasteiger partial charge in [-0.15, -0.1) is 0 Å². The molecule has 55 valence electrons. The number of hydrogen-bond donors (Lipinski definition) is 1. The first-order valence-corrected chi connectivity index (χ1v) is 4.17. The molecule has 0 saturated carbocycles. The molecule has 0 rings (SSSR count). The van der Waals surface area contributed by atoms with Gasteiger partial charge in [0.25, 0.3) is 0 Å². The van der Waals surface area contributed by atoms with E-state index >= 15 is 0 Å². The molecular formula is C6H15O2Sn. The zero-order valence-electron chi connectivity index (χ0n) is 6.51. The molecule has 0 bridgehead atoms. The van der Waals surface area contributed by atoms with Crippen molar-refractivity contribution in [3.63, 3.8) is 0 Å². The second kappa shape index (κ2) is 8.72. The zero-order chi connectivity index (χ0) is 7.86. The molecule has 0 aliphatic rings. The Bertz CT molecular complexity index is 43.6. The van der Waals surface area contributed by atoms with Gasteiger partial charge in [-0.25, -0.2) is 0 Å². The van der Waals surface area contributed by atoms with Gasteiger partial charge in [-0.05, 0) is 13.8 Å². The molecular weight excluding hydrogens is 223 g/mol. The van der Waals surface area contributed by atoms with Crippen molar-refractivity contribution in [3.8, 4) is 0 Å². The molecule has 0 aliphatic heterocycles. The van der Waals surface area contributed by atoms with Crippen LogP contribution in [0.5, 0.6) is 0 Å². The summed E-state index contributed by atoms with van der Waals surface area (Å²) >= 11 is 1.16. The summed E-state index contributed by atoms with van der Waals surface area (Å²) in [5.41, 5.74) is 0. The van der Waals surface area contributed by atoms with E-state index in [0.29, 0.717) is 6.10 Å². The topological polar surface area (TPSA) is 29.5 Å². The maximum absolute atomic E-state index is 8.06. The van der Waals surface area contributed by atoms with E-state index in [0.717, 1.165) is 22.9 Å². The molecule has 0 fully saturated rings. The summed E-state index contributed by atoms with van der Waals surface area (Å²) in [6, 6.07) is 0. The van der Waals surface area contributed by atoms with Crippen molar-refractivity contribution < 1.29 is 8.18 Å². The summed E-state index contributed by atoms with van der Waals surface area (Å²) in [6.45, 7) is 7.49. The van der Waals surface area contributed by atoms with Gasteiger partial charge in [-0.1, -0.05) is 0 Å². The van der Waals surface area contributed by atoms with E-state index < -0.39 is 0 Å². The molecule has 0 aromatic carbocycles. The first-order valence-electron chi connectivity index (χ1n) is 3.01. The Morgan fingerprint density at radius 1 is 1.22 bits per heavy atom. The minimum absolute atomic E-state index is 0.167. The summed E-state index contributed by atoms with van der Waals surface area (Å²) in [5.74, 6) is 0. The minimum atomic E-state index is -0.167. The summed E-state index contributed by atoms with van der Waals surface area (Å²) in [6.07, 6.45) is 0.258. The van der Waals surface area contributed by atoms with E-state index in [4.69, 9.17) is 8.18 Å². The Kier molecular flexibility index (Phi) is 12.0. The maximum atomic E-state index is 8.06. The first kappa shape index (κ1) is 12.4. The summed E-state index contributed by atoms with van der Waals surface area (Å²) in [5, 5.41) is 8.06. The third-order valence-electron chi connectivity index (χ3n) is 0.236. The zero-order valence-corrected chi connectivity index (χ0v) is 9.36. The fraction of sp³-hybridized carbons (Fsp3) is 1.00. The number of hydrogen-bond acceptors (Lipinski definition) is 2. The molecule has 0 saturated heterocycles. The summed E-state index contributed by atoms with van der Waals surface area (Å²) < 4.78 is 4.84. The van der Waals surface area contributed by atoms with Gasteiger partial charge in [0, 0.05) is 6.10 Å². The SMILES string of the molecule is CC(C)O.CC(C)[O][Sn]. The van der Waals surface area contributed by atoms with Crippen LogP contribution in [0.2, 0.25) is 0 Å².